The summed E-state index contributed by atoms with van der Waals surface area (Å²) in [5.41, 5.74) is 0.705. The van der Waals surface area contributed by atoms with E-state index in [9.17, 15) is 4.79 Å². The number of rotatable bonds is 2. The molecule has 6 heteroatoms. The molecule has 0 bridgehead atoms. The van der Waals surface area contributed by atoms with Gasteiger partial charge in [0.1, 0.15) is 5.01 Å². The van der Waals surface area contributed by atoms with Gasteiger partial charge in [0.15, 0.2) is 11.5 Å². The molecule has 2 aromatic rings. The Morgan fingerprint density at radius 3 is 3.10 bits per heavy atom. The molecule has 1 aliphatic rings. The standard InChI is InChI=1S/C15H12N2O3S/c1-10(15-16-6-7-21-15)17-14(18)5-3-11-2-4-12-13(8-11)20-9-19-12/h2,4,6-8,10H,9H2,1H3,(H,17,18)/t10-/m0/s1. The summed E-state index contributed by atoms with van der Waals surface area (Å²) in [6.45, 7) is 2.09. The third-order valence-corrected chi connectivity index (χ3v) is 3.82. The van der Waals surface area contributed by atoms with Gasteiger partial charge in [-0.3, -0.25) is 4.79 Å². The van der Waals surface area contributed by atoms with Crippen LogP contribution in [0.3, 0.4) is 0 Å². The zero-order valence-corrected chi connectivity index (χ0v) is 12.1. The second-order valence-corrected chi connectivity index (χ2v) is 5.31. The van der Waals surface area contributed by atoms with Crippen molar-refractivity contribution in [1.82, 2.24) is 10.3 Å². The molecule has 1 aliphatic heterocycles. The van der Waals surface area contributed by atoms with E-state index in [1.807, 2.05) is 12.3 Å². The van der Waals surface area contributed by atoms with Crippen molar-refractivity contribution >= 4 is 17.2 Å². The lowest BCUT2D eigenvalue weighted by atomic mass is 10.2. The lowest BCUT2D eigenvalue weighted by Gasteiger charge is -2.07. The van der Waals surface area contributed by atoms with E-state index in [0.29, 0.717) is 17.1 Å². The van der Waals surface area contributed by atoms with Gasteiger partial charge in [-0.1, -0.05) is 5.92 Å². The summed E-state index contributed by atoms with van der Waals surface area (Å²) >= 11 is 1.50. The van der Waals surface area contributed by atoms with Crippen LogP contribution in [0, 0.1) is 11.8 Å². The van der Waals surface area contributed by atoms with E-state index in [1.165, 1.54) is 11.3 Å². The average molecular weight is 300 g/mol. The van der Waals surface area contributed by atoms with E-state index in [-0.39, 0.29) is 18.7 Å². The largest absolute Gasteiger partial charge is 0.454 e. The first-order valence-electron chi connectivity index (χ1n) is 6.34. The van der Waals surface area contributed by atoms with Crippen LogP contribution in [0.5, 0.6) is 11.5 Å². The number of carbonyl (C=O) groups is 1. The van der Waals surface area contributed by atoms with Crippen LogP contribution in [0.15, 0.2) is 29.8 Å². The summed E-state index contributed by atoms with van der Waals surface area (Å²) < 4.78 is 10.5. The second-order valence-electron chi connectivity index (χ2n) is 4.38. The maximum atomic E-state index is 11.8. The Morgan fingerprint density at radius 1 is 1.43 bits per heavy atom. The van der Waals surface area contributed by atoms with Crippen LogP contribution < -0.4 is 14.8 Å². The fourth-order valence-corrected chi connectivity index (χ4v) is 2.49. The number of thiazole rings is 1. The number of hydrogen-bond donors (Lipinski definition) is 1. The van der Waals surface area contributed by atoms with Crippen LogP contribution in [0.1, 0.15) is 23.5 Å². The van der Waals surface area contributed by atoms with Crippen LogP contribution in [-0.2, 0) is 4.79 Å². The Kier molecular flexibility index (Phi) is 3.75. The molecule has 0 saturated carbocycles. The van der Waals surface area contributed by atoms with Gasteiger partial charge in [0.2, 0.25) is 6.79 Å². The van der Waals surface area contributed by atoms with Crippen LogP contribution in [0.25, 0.3) is 0 Å². The van der Waals surface area contributed by atoms with Crippen molar-refractivity contribution in [3.8, 4) is 23.3 Å². The number of benzene rings is 1. The zero-order valence-electron chi connectivity index (χ0n) is 11.3. The molecule has 1 amide bonds. The van der Waals surface area contributed by atoms with Gasteiger partial charge in [-0.05, 0) is 25.1 Å². The maximum absolute atomic E-state index is 11.8. The fraction of sp³-hybridized carbons (Fsp3) is 0.200. The minimum atomic E-state index is -0.338. The molecule has 106 valence electrons. The van der Waals surface area contributed by atoms with E-state index in [0.717, 1.165) is 5.01 Å². The SMILES string of the molecule is C[C@H](NC(=O)C#Cc1ccc2c(c1)OCO2)c1nccs1. The predicted octanol–water partition coefficient (Wildman–Crippen LogP) is 2.10. The molecule has 1 aromatic heterocycles. The Hall–Kier alpha value is -2.52. The summed E-state index contributed by atoms with van der Waals surface area (Å²) in [4.78, 5) is 15.9. The molecule has 0 radical (unpaired) electrons. The monoisotopic (exact) mass is 300 g/mol. The molecular weight excluding hydrogens is 288 g/mol. The molecule has 0 fully saturated rings. The number of aromatic nitrogens is 1. The van der Waals surface area contributed by atoms with Gasteiger partial charge in [0.05, 0.1) is 6.04 Å². The predicted molar refractivity (Wildman–Crippen MR) is 78.1 cm³/mol. The van der Waals surface area contributed by atoms with Gasteiger partial charge in [0, 0.05) is 23.1 Å². The van der Waals surface area contributed by atoms with Crippen LogP contribution in [-0.4, -0.2) is 17.7 Å². The third kappa shape index (κ3) is 3.15. The van der Waals surface area contributed by atoms with E-state index in [4.69, 9.17) is 9.47 Å². The Bertz CT molecular complexity index is 716. The summed E-state index contributed by atoms with van der Waals surface area (Å²) in [5, 5.41) is 5.51. The molecule has 5 nitrogen and oxygen atoms in total. The molecule has 0 spiro atoms. The smallest absolute Gasteiger partial charge is 0.296 e. The van der Waals surface area contributed by atoms with Gasteiger partial charge in [-0.25, -0.2) is 4.98 Å². The highest BCUT2D eigenvalue weighted by Gasteiger charge is 2.13. The summed E-state index contributed by atoms with van der Waals surface area (Å²) in [6, 6.07) is 5.18. The van der Waals surface area contributed by atoms with Gasteiger partial charge in [0.25, 0.3) is 5.91 Å². The first-order chi connectivity index (χ1) is 10.2. The summed E-state index contributed by atoms with van der Waals surface area (Å²) in [5.74, 6) is 6.38. The molecule has 0 saturated heterocycles. The molecule has 2 heterocycles. The number of carbonyl (C=O) groups excluding carboxylic acids is 1. The van der Waals surface area contributed by atoms with Crippen molar-refractivity contribution < 1.29 is 14.3 Å². The molecule has 3 rings (SSSR count). The first kappa shape index (κ1) is 13.5. The van der Waals surface area contributed by atoms with Crippen molar-refractivity contribution in [1.29, 1.82) is 0 Å². The highest BCUT2D eigenvalue weighted by atomic mass is 32.1. The van der Waals surface area contributed by atoms with E-state index in [1.54, 1.807) is 24.4 Å². The molecular formula is C15H12N2O3S. The number of hydrogen-bond acceptors (Lipinski definition) is 5. The van der Waals surface area contributed by atoms with Crippen molar-refractivity contribution in [2.75, 3.05) is 6.79 Å². The minimum absolute atomic E-state index is 0.149. The zero-order chi connectivity index (χ0) is 14.7. The highest BCUT2D eigenvalue weighted by Crippen LogP contribution is 2.32. The summed E-state index contributed by atoms with van der Waals surface area (Å²) in [7, 11) is 0. The van der Waals surface area contributed by atoms with Gasteiger partial charge < -0.3 is 14.8 Å². The van der Waals surface area contributed by atoms with Crippen LogP contribution in [0.2, 0.25) is 0 Å². The number of amides is 1. The van der Waals surface area contributed by atoms with Crippen LogP contribution >= 0.6 is 11.3 Å². The molecule has 21 heavy (non-hydrogen) atoms. The normalized spacial score (nSPS) is 13.2. The molecule has 0 unspecified atom stereocenters. The minimum Gasteiger partial charge on any atom is -0.454 e. The van der Waals surface area contributed by atoms with Crippen LogP contribution in [0.4, 0.5) is 0 Å². The number of nitrogens with zero attached hydrogens (tertiary/aromatic N) is 1. The summed E-state index contributed by atoms with van der Waals surface area (Å²) in [6.07, 6.45) is 1.71. The Morgan fingerprint density at radius 2 is 2.29 bits per heavy atom. The Labute approximate surface area is 125 Å². The Balaban J connectivity index is 1.65. The second kappa shape index (κ2) is 5.85. The number of ether oxygens (including phenoxy) is 2. The quantitative estimate of drug-likeness (QED) is 0.863. The lowest BCUT2D eigenvalue weighted by molar-refractivity contribution is -0.116. The van der Waals surface area contributed by atoms with Crippen molar-refractivity contribution in [2.24, 2.45) is 0 Å². The van der Waals surface area contributed by atoms with E-state index < -0.39 is 0 Å². The molecule has 1 atom stereocenters. The lowest BCUT2D eigenvalue weighted by Crippen LogP contribution is -2.24. The first-order valence-corrected chi connectivity index (χ1v) is 7.22. The van der Waals surface area contributed by atoms with E-state index >= 15 is 0 Å². The van der Waals surface area contributed by atoms with Crippen molar-refractivity contribution in [2.45, 2.75) is 13.0 Å². The number of nitrogens with one attached hydrogen (secondary N) is 1. The van der Waals surface area contributed by atoms with Gasteiger partial charge in [-0.2, -0.15) is 0 Å². The third-order valence-electron chi connectivity index (χ3n) is 2.86. The molecule has 0 aliphatic carbocycles. The van der Waals surface area contributed by atoms with E-state index in [2.05, 4.69) is 22.1 Å². The fourth-order valence-electron chi connectivity index (χ4n) is 1.85. The molecule has 1 N–H and O–H groups in total. The van der Waals surface area contributed by atoms with Crippen molar-refractivity contribution in [3.05, 3.63) is 40.3 Å². The highest BCUT2D eigenvalue weighted by molar-refractivity contribution is 7.09. The average Bonchev–Trinajstić information content (AvgIpc) is 3.15. The topological polar surface area (TPSA) is 60.5 Å². The van der Waals surface area contributed by atoms with Gasteiger partial charge in [-0.15, -0.1) is 11.3 Å². The van der Waals surface area contributed by atoms with Gasteiger partial charge >= 0.3 is 0 Å². The maximum Gasteiger partial charge on any atom is 0.296 e. The number of fused-ring (bicyclic) bond motifs is 1. The van der Waals surface area contributed by atoms with Crippen molar-refractivity contribution in [3.63, 3.8) is 0 Å². The molecule has 1 aromatic carbocycles.